The first-order chi connectivity index (χ1) is 5.66. The minimum absolute atomic E-state index is 0.0812. The van der Waals surface area contributed by atoms with Crippen LogP contribution in [0.5, 0.6) is 0 Å². The lowest BCUT2D eigenvalue weighted by molar-refractivity contribution is -0.387. The van der Waals surface area contributed by atoms with Crippen LogP contribution < -0.4 is 0 Å². The van der Waals surface area contributed by atoms with Crippen LogP contribution in [-0.4, -0.2) is 4.92 Å². The summed E-state index contributed by atoms with van der Waals surface area (Å²) in [5.74, 6) is 0. The van der Waals surface area contributed by atoms with Gasteiger partial charge in [0.1, 0.15) is 0 Å². The van der Waals surface area contributed by atoms with E-state index in [1.165, 1.54) is 6.07 Å². The van der Waals surface area contributed by atoms with E-state index in [4.69, 9.17) is 0 Å². The summed E-state index contributed by atoms with van der Waals surface area (Å²) in [6, 6.07) is 4.98. The molecular formula is C8H9NO2S. The van der Waals surface area contributed by atoms with Gasteiger partial charge < -0.3 is 0 Å². The van der Waals surface area contributed by atoms with Gasteiger partial charge in [-0.3, -0.25) is 10.1 Å². The van der Waals surface area contributed by atoms with Gasteiger partial charge in [-0.25, -0.2) is 0 Å². The normalized spacial score (nSPS) is 9.83. The number of thiol groups is 1. The number of nitro benzene ring substituents is 1. The largest absolute Gasteiger partial charge is 0.282 e. The maximum absolute atomic E-state index is 10.4. The summed E-state index contributed by atoms with van der Waals surface area (Å²) in [5.41, 5.74) is 0.991. The van der Waals surface area contributed by atoms with Crippen molar-refractivity contribution in [2.24, 2.45) is 0 Å². The highest BCUT2D eigenvalue weighted by atomic mass is 32.1. The number of nitro groups is 1. The van der Waals surface area contributed by atoms with E-state index in [1.807, 2.05) is 13.0 Å². The second-order valence-corrected chi connectivity index (χ2v) is 2.84. The zero-order valence-electron chi connectivity index (χ0n) is 6.65. The summed E-state index contributed by atoms with van der Waals surface area (Å²) in [6.45, 7) is 1.94. The molecule has 0 saturated carbocycles. The van der Waals surface area contributed by atoms with Crippen LogP contribution in [0.1, 0.15) is 12.5 Å². The zero-order chi connectivity index (χ0) is 9.14. The number of aryl methyl sites for hydroxylation is 1. The van der Waals surface area contributed by atoms with Gasteiger partial charge in [-0.15, -0.1) is 12.6 Å². The first kappa shape index (κ1) is 9.06. The first-order valence-corrected chi connectivity index (χ1v) is 4.06. The van der Waals surface area contributed by atoms with E-state index in [2.05, 4.69) is 12.6 Å². The molecule has 0 heterocycles. The first-order valence-electron chi connectivity index (χ1n) is 3.62. The molecule has 4 heteroatoms. The Bertz CT molecular complexity index is 312. The highest BCUT2D eigenvalue weighted by Gasteiger charge is 2.12. The Kier molecular flexibility index (Phi) is 2.70. The van der Waals surface area contributed by atoms with E-state index in [-0.39, 0.29) is 5.69 Å². The zero-order valence-corrected chi connectivity index (χ0v) is 7.54. The van der Waals surface area contributed by atoms with Crippen molar-refractivity contribution in [1.82, 2.24) is 0 Å². The van der Waals surface area contributed by atoms with Crippen molar-refractivity contribution in [2.45, 2.75) is 18.2 Å². The van der Waals surface area contributed by atoms with Crippen LogP contribution in [0.2, 0.25) is 0 Å². The van der Waals surface area contributed by atoms with E-state index in [1.54, 1.807) is 6.07 Å². The van der Waals surface area contributed by atoms with Crippen LogP contribution in [0.25, 0.3) is 0 Å². The molecule has 0 aliphatic heterocycles. The third-order valence-corrected chi connectivity index (χ3v) is 2.19. The van der Waals surface area contributed by atoms with Gasteiger partial charge in [-0.1, -0.05) is 19.1 Å². The molecular weight excluding hydrogens is 174 g/mol. The maximum Gasteiger partial charge on any atom is 0.282 e. The lowest BCUT2D eigenvalue weighted by Gasteiger charge is -2.00. The van der Waals surface area contributed by atoms with Gasteiger partial charge in [0.25, 0.3) is 5.69 Å². The van der Waals surface area contributed by atoms with Gasteiger partial charge in [0, 0.05) is 6.07 Å². The Morgan fingerprint density at radius 1 is 1.58 bits per heavy atom. The van der Waals surface area contributed by atoms with Gasteiger partial charge in [0.05, 0.1) is 9.82 Å². The van der Waals surface area contributed by atoms with E-state index < -0.39 is 4.92 Å². The molecule has 0 unspecified atom stereocenters. The third-order valence-electron chi connectivity index (χ3n) is 1.68. The number of hydrogen-bond acceptors (Lipinski definition) is 3. The molecule has 1 aromatic carbocycles. The van der Waals surface area contributed by atoms with Crippen LogP contribution in [0.3, 0.4) is 0 Å². The van der Waals surface area contributed by atoms with Crippen molar-refractivity contribution in [1.29, 1.82) is 0 Å². The lowest BCUT2D eigenvalue weighted by Crippen LogP contribution is -1.92. The summed E-state index contributed by atoms with van der Waals surface area (Å²) < 4.78 is 0. The predicted molar refractivity (Wildman–Crippen MR) is 49.7 cm³/mol. The standard InChI is InChI=1S/C8H9NO2S/c1-2-6-4-3-5-7(8(6)12)9(10)11/h3-5,12H,2H2,1H3. The third kappa shape index (κ3) is 1.58. The van der Waals surface area contributed by atoms with Crippen molar-refractivity contribution < 1.29 is 4.92 Å². The molecule has 12 heavy (non-hydrogen) atoms. The molecule has 0 atom stereocenters. The van der Waals surface area contributed by atoms with Crippen molar-refractivity contribution in [2.75, 3.05) is 0 Å². The Morgan fingerprint density at radius 2 is 2.25 bits per heavy atom. The van der Waals surface area contributed by atoms with E-state index in [0.29, 0.717) is 4.90 Å². The minimum Gasteiger partial charge on any atom is -0.258 e. The fraction of sp³-hybridized carbons (Fsp3) is 0.250. The van der Waals surface area contributed by atoms with Crippen molar-refractivity contribution >= 4 is 18.3 Å². The van der Waals surface area contributed by atoms with E-state index in [9.17, 15) is 10.1 Å². The summed E-state index contributed by atoms with van der Waals surface area (Å²) in [4.78, 5) is 10.5. The SMILES string of the molecule is CCc1cccc([N+](=O)[O-])c1S. The summed E-state index contributed by atoms with van der Waals surface area (Å²) in [7, 11) is 0. The number of rotatable bonds is 2. The van der Waals surface area contributed by atoms with Crippen LogP contribution in [0, 0.1) is 10.1 Å². The number of benzene rings is 1. The van der Waals surface area contributed by atoms with Crippen molar-refractivity contribution in [3.05, 3.63) is 33.9 Å². The molecule has 0 aliphatic rings. The number of hydrogen-bond donors (Lipinski definition) is 1. The molecule has 0 N–H and O–H groups in total. The molecule has 0 aromatic heterocycles. The fourth-order valence-corrected chi connectivity index (χ4v) is 1.40. The average Bonchev–Trinajstić information content (AvgIpc) is 2.04. The van der Waals surface area contributed by atoms with Gasteiger partial charge in [-0.05, 0) is 12.0 Å². The summed E-state index contributed by atoms with van der Waals surface area (Å²) in [5, 5.41) is 10.4. The molecule has 64 valence electrons. The minimum atomic E-state index is -0.415. The van der Waals surface area contributed by atoms with Crippen molar-refractivity contribution in [3.8, 4) is 0 Å². The summed E-state index contributed by atoms with van der Waals surface area (Å²) >= 11 is 4.09. The Hall–Kier alpha value is -1.03. The summed E-state index contributed by atoms with van der Waals surface area (Å²) in [6.07, 6.45) is 0.764. The molecule has 0 radical (unpaired) electrons. The molecule has 0 amide bonds. The Labute approximate surface area is 76.0 Å². The smallest absolute Gasteiger partial charge is 0.258 e. The second-order valence-electron chi connectivity index (χ2n) is 2.40. The quantitative estimate of drug-likeness (QED) is 0.434. The molecule has 0 spiro atoms. The molecule has 0 aliphatic carbocycles. The molecule has 3 nitrogen and oxygen atoms in total. The van der Waals surface area contributed by atoms with Crippen LogP contribution in [0.4, 0.5) is 5.69 Å². The highest BCUT2D eigenvalue weighted by molar-refractivity contribution is 7.80. The maximum atomic E-state index is 10.4. The van der Waals surface area contributed by atoms with Gasteiger partial charge in [0.2, 0.25) is 0 Å². The van der Waals surface area contributed by atoms with Gasteiger partial charge in [-0.2, -0.15) is 0 Å². The Balaban J connectivity index is 3.23. The molecule has 0 bridgehead atoms. The number of nitrogens with zero attached hydrogens (tertiary/aromatic N) is 1. The molecule has 1 rings (SSSR count). The second kappa shape index (κ2) is 3.58. The average molecular weight is 183 g/mol. The van der Waals surface area contributed by atoms with Crippen LogP contribution in [-0.2, 0) is 6.42 Å². The van der Waals surface area contributed by atoms with Gasteiger partial charge in [0.15, 0.2) is 0 Å². The lowest BCUT2D eigenvalue weighted by atomic mass is 10.1. The fourth-order valence-electron chi connectivity index (χ4n) is 1.01. The van der Waals surface area contributed by atoms with Crippen LogP contribution >= 0.6 is 12.6 Å². The molecule has 1 aromatic rings. The highest BCUT2D eigenvalue weighted by Crippen LogP contribution is 2.25. The monoisotopic (exact) mass is 183 g/mol. The molecule has 0 fully saturated rings. The van der Waals surface area contributed by atoms with Gasteiger partial charge >= 0.3 is 0 Å². The van der Waals surface area contributed by atoms with E-state index in [0.717, 1.165) is 12.0 Å². The van der Waals surface area contributed by atoms with Crippen molar-refractivity contribution in [3.63, 3.8) is 0 Å². The van der Waals surface area contributed by atoms with Crippen LogP contribution in [0.15, 0.2) is 23.1 Å². The topological polar surface area (TPSA) is 43.1 Å². The molecule has 0 saturated heterocycles. The van der Waals surface area contributed by atoms with E-state index >= 15 is 0 Å². The Morgan fingerprint density at radius 3 is 2.75 bits per heavy atom. The predicted octanol–water partition coefficient (Wildman–Crippen LogP) is 2.45.